The number of thioether (sulfide) groups is 1. The number of benzene rings is 2. The standard InChI is InChI=1S/C34H39F5N4O2S/c1-21-25(17-26-27(34(37,38)39)6-4-7-28(26)35)33-43(32(44)30(21)24-5-3-8-29(45-2)31(24)36)23(20-46-33)19-42-15-13-41(14-16-42)18-22-9-11-40-12-10-22/h3-8,22-23,40H,9-20H2,1-2H3. The summed E-state index contributed by atoms with van der Waals surface area (Å²) < 4.78 is 79.7. The largest absolute Gasteiger partial charge is 0.494 e. The molecular weight excluding hydrogens is 623 g/mol. The Morgan fingerprint density at radius 3 is 2.30 bits per heavy atom. The van der Waals surface area contributed by atoms with Gasteiger partial charge in [0.1, 0.15) is 5.82 Å². The molecule has 1 atom stereocenters. The molecule has 6 rings (SSSR count). The number of hydrogen-bond acceptors (Lipinski definition) is 6. The van der Waals surface area contributed by atoms with Gasteiger partial charge in [0, 0.05) is 62.6 Å². The first kappa shape index (κ1) is 33.0. The van der Waals surface area contributed by atoms with Crippen LogP contribution in [-0.2, 0) is 12.6 Å². The Balaban J connectivity index is 1.36. The molecule has 1 unspecified atom stereocenters. The van der Waals surface area contributed by atoms with Gasteiger partial charge in [-0.2, -0.15) is 13.2 Å². The van der Waals surface area contributed by atoms with Crippen molar-refractivity contribution in [2.24, 2.45) is 5.92 Å². The first-order valence-corrected chi connectivity index (χ1v) is 16.8. The van der Waals surface area contributed by atoms with Gasteiger partial charge in [-0.3, -0.25) is 14.3 Å². The molecule has 6 nitrogen and oxygen atoms in total. The number of pyridine rings is 1. The average Bonchev–Trinajstić information content (AvgIpc) is 3.45. The van der Waals surface area contributed by atoms with Gasteiger partial charge in [0.25, 0.3) is 5.56 Å². The number of piperidine rings is 1. The summed E-state index contributed by atoms with van der Waals surface area (Å²) in [6.07, 6.45) is -2.78. The van der Waals surface area contributed by atoms with Crippen molar-refractivity contribution < 1.29 is 26.7 Å². The predicted molar refractivity (Wildman–Crippen MR) is 170 cm³/mol. The number of hydrogen-bond donors (Lipinski definition) is 1. The molecule has 248 valence electrons. The number of rotatable bonds is 8. The van der Waals surface area contributed by atoms with Crippen LogP contribution in [0.15, 0.2) is 46.2 Å². The zero-order valence-electron chi connectivity index (χ0n) is 26.1. The lowest BCUT2D eigenvalue weighted by Crippen LogP contribution is -2.50. The Morgan fingerprint density at radius 1 is 0.957 bits per heavy atom. The van der Waals surface area contributed by atoms with Crippen molar-refractivity contribution in [2.75, 3.05) is 65.2 Å². The first-order valence-electron chi connectivity index (χ1n) is 15.8. The number of ether oxygens (including phenoxy) is 1. The number of methoxy groups -OCH3 is 1. The number of aromatic nitrogens is 1. The van der Waals surface area contributed by atoms with Gasteiger partial charge in [-0.1, -0.05) is 18.2 Å². The van der Waals surface area contributed by atoms with Crippen molar-refractivity contribution in [1.29, 1.82) is 0 Å². The van der Waals surface area contributed by atoms with Crippen molar-refractivity contribution in [3.63, 3.8) is 0 Å². The molecule has 0 spiro atoms. The normalized spacial score (nSPS) is 19.8. The highest BCUT2D eigenvalue weighted by atomic mass is 32.2. The van der Waals surface area contributed by atoms with E-state index in [1.54, 1.807) is 17.6 Å². The van der Waals surface area contributed by atoms with E-state index in [1.807, 2.05) is 0 Å². The van der Waals surface area contributed by atoms with Crippen molar-refractivity contribution in [3.8, 4) is 16.9 Å². The van der Waals surface area contributed by atoms with E-state index in [4.69, 9.17) is 4.74 Å². The monoisotopic (exact) mass is 662 g/mol. The molecule has 2 aromatic carbocycles. The van der Waals surface area contributed by atoms with Crippen LogP contribution in [0.1, 0.15) is 41.1 Å². The van der Waals surface area contributed by atoms with E-state index in [2.05, 4.69) is 15.1 Å². The second kappa shape index (κ2) is 13.7. The lowest BCUT2D eigenvalue weighted by atomic mass is 9.92. The minimum Gasteiger partial charge on any atom is -0.494 e. The quantitative estimate of drug-likeness (QED) is 0.300. The van der Waals surface area contributed by atoms with Gasteiger partial charge in [-0.05, 0) is 68.1 Å². The van der Waals surface area contributed by atoms with Crippen LogP contribution in [0.2, 0.25) is 0 Å². The van der Waals surface area contributed by atoms with E-state index >= 15 is 8.78 Å². The number of nitrogens with zero attached hydrogens (tertiary/aromatic N) is 3. The predicted octanol–water partition coefficient (Wildman–Crippen LogP) is 5.98. The molecule has 3 aliphatic rings. The second-order valence-corrected chi connectivity index (χ2v) is 13.5. The van der Waals surface area contributed by atoms with Crippen molar-refractivity contribution in [2.45, 2.75) is 43.4 Å². The molecule has 1 aromatic heterocycles. The molecule has 0 amide bonds. The van der Waals surface area contributed by atoms with Crippen LogP contribution >= 0.6 is 11.8 Å². The minimum atomic E-state index is -4.77. The zero-order chi connectivity index (χ0) is 32.6. The smallest absolute Gasteiger partial charge is 0.416 e. The summed E-state index contributed by atoms with van der Waals surface area (Å²) >= 11 is 1.40. The maximum atomic E-state index is 15.7. The highest BCUT2D eigenvalue weighted by Gasteiger charge is 2.37. The van der Waals surface area contributed by atoms with Crippen LogP contribution < -0.4 is 15.6 Å². The number of nitrogens with one attached hydrogen (secondary N) is 1. The van der Waals surface area contributed by atoms with Crippen LogP contribution in [0.4, 0.5) is 22.0 Å². The maximum absolute atomic E-state index is 15.7. The molecule has 0 saturated carbocycles. The van der Waals surface area contributed by atoms with Crippen LogP contribution in [0.3, 0.4) is 0 Å². The Labute approximate surface area is 269 Å². The summed E-state index contributed by atoms with van der Waals surface area (Å²) in [5.41, 5.74) is -1.18. The third kappa shape index (κ3) is 6.58. The molecule has 3 aromatic rings. The summed E-state index contributed by atoms with van der Waals surface area (Å²) in [5, 5.41) is 3.93. The molecule has 46 heavy (non-hydrogen) atoms. The number of halogens is 5. The van der Waals surface area contributed by atoms with Gasteiger partial charge in [0.15, 0.2) is 11.6 Å². The van der Waals surface area contributed by atoms with Crippen LogP contribution in [0.5, 0.6) is 5.75 Å². The molecule has 2 saturated heterocycles. The summed E-state index contributed by atoms with van der Waals surface area (Å²) in [7, 11) is 1.33. The van der Waals surface area contributed by atoms with Crippen molar-refractivity contribution in [3.05, 3.63) is 80.6 Å². The molecule has 2 fully saturated rings. The molecule has 1 N–H and O–H groups in total. The van der Waals surface area contributed by atoms with Gasteiger partial charge < -0.3 is 15.0 Å². The first-order chi connectivity index (χ1) is 22.1. The van der Waals surface area contributed by atoms with E-state index in [-0.39, 0.29) is 22.9 Å². The Morgan fingerprint density at radius 2 is 1.63 bits per heavy atom. The third-order valence-electron chi connectivity index (χ3n) is 9.65. The molecule has 12 heteroatoms. The second-order valence-electron chi connectivity index (χ2n) is 12.5. The van der Waals surface area contributed by atoms with Crippen LogP contribution in [-0.4, -0.2) is 79.6 Å². The SMILES string of the molecule is COc1cccc(-c2c(C)c(Cc3c(F)cccc3C(F)(F)F)c3n(c2=O)C(CN2CCN(CC4CCNCC4)CC2)CS3)c1F. The molecule has 0 bridgehead atoms. The average molecular weight is 663 g/mol. The van der Waals surface area contributed by atoms with E-state index < -0.39 is 40.9 Å². The zero-order valence-corrected chi connectivity index (χ0v) is 26.9. The van der Waals surface area contributed by atoms with Gasteiger partial charge in [-0.15, -0.1) is 11.8 Å². The summed E-state index contributed by atoms with van der Waals surface area (Å²) in [6.45, 7) is 8.95. The Hall–Kier alpha value is -2.93. The van der Waals surface area contributed by atoms with Gasteiger partial charge in [-0.25, -0.2) is 8.78 Å². The van der Waals surface area contributed by atoms with Gasteiger partial charge in [0.05, 0.1) is 29.3 Å². The molecule has 3 aliphatic heterocycles. The summed E-state index contributed by atoms with van der Waals surface area (Å²) in [6, 6.07) is 7.13. The fourth-order valence-electron chi connectivity index (χ4n) is 7.15. The molecule has 4 heterocycles. The molecular formula is C34H39F5N4O2S. The lowest BCUT2D eigenvalue weighted by molar-refractivity contribution is -0.138. The lowest BCUT2D eigenvalue weighted by Gasteiger charge is -2.38. The highest BCUT2D eigenvalue weighted by molar-refractivity contribution is 7.99. The van der Waals surface area contributed by atoms with E-state index in [0.717, 1.165) is 64.0 Å². The van der Waals surface area contributed by atoms with E-state index in [1.165, 1.54) is 43.8 Å². The minimum absolute atomic E-state index is 0.00477. The molecule has 0 radical (unpaired) electrons. The number of alkyl halides is 3. The molecule has 0 aliphatic carbocycles. The van der Waals surface area contributed by atoms with Gasteiger partial charge in [0.2, 0.25) is 0 Å². The fraction of sp³-hybridized carbons (Fsp3) is 0.500. The van der Waals surface area contributed by atoms with Crippen LogP contribution in [0.25, 0.3) is 11.1 Å². The Kier molecular flexibility index (Phi) is 9.80. The number of piperazine rings is 1. The van der Waals surface area contributed by atoms with E-state index in [9.17, 15) is 18.0 Å². The highest BCUT2D eigenvalue weighted by Crippen LogP contribution is 2.42. The van der Waals surface area contributed by atoms with Gasteiger partial charge >= 0.3 is 6.18 Å². The maximum Gasteiger partial charge on any atom is 0.416 e. The van der Waals surface area contributed by atoms with E-state index in [0.29, 0.717) is 34.4 Å². The summed E-state index contributed by atoms with van der Waals surface area (Å²) in [5.74, 6) is -0.524. The summed E-state index contributed by atoms with van der Waals surface area (Å²) in [4.78, 5) is 19.2. The topological polar surface area (TPSA) is 49.7 Å². The Bertz CT molecular complexity index is 1630. The number of fused-ring (bicyclic) bond motifs is 1. The van der Waals surface area contributed by atoms with Crippen LogP contribution in [0, 0.1) is 24.5 Å². The van der Waals surface area contributed by atoms with Crippen molar-refractivity contribution >= 4 is 11.8 Å². The third-order valence-corrected chi connectivity index (χ3v) is 10.9. The fourth-order valence-corrected chi connectivity index (χ4v) is 8.53. The van der Waals surface area contributed by atoms with Crippen molar-refractivity contribution in [1.82, 2.24) is 19.7 Å².